The highest BCUT2D eigenvalue weighted by molar-refractivity contribution is 5.92. The molecule has 0 unspecified atom stereocenters. The molecule has 1 saturated carbocycles. The second kappa shape index (κ2) is 4.21. The van der Waals surface area contributed by atoms with Gasteiger partial charge in [-0.3, -0.25) is 9.48 Å². The second-order valence-electron chi connectivity index (χ2n) is 4.52. The third-order valence-corrected chi connectivity index (χ3v) is 3.00. The van der Waals surface area contributed by atoms with Gasteiger partial charge in [-0.2, -0.15) is 0 Å². The molecule has 1 aliphatic carbocycles. The molecular formula is C10H17N5O. The van der Waals surface area contributed by atoms with Gasteiger partial charge in [-0.1, -0.05) is 5.21 Å². The van der Waals surface area contributed by atoms with Crippen LogP contribution in [0.15, 0.2) is 6.20 Å². The molecule has 1 aromatic rings. The first-order valence-electron chi connectivity index (χ1n) is 5.56. The Morgan fingerprint density at radius 3 is 3.00 bits per heavy atom. The van der Waals surface area contributed by atoms with Gasteiger partial charge in [-0.15, -0.1) is 5.10 Å². The van der Waals surface area contributed by atoms with Crippen LogP contribution in [-0.4, -0.2) is 33.0 Å². The lowest BCUT2D eigenvalue weighted by atomic mass is 9.78. The summed E-state index contributed by atoms with van der Waals surface area (Å²) in [5.74, 6) is -0.148. The molecule has 0 saturated heterocycles. The van der Waals surface area contributed by atoms with Crippen LogP contribution in [0, 0.1) is 0 Å². The van der Waals surface area contributed by atoms with Gasteiger partial charge >= 0.3 is 0 Å². The van der Waals surface area contributed by atoms with Gasteiger partial charge in [0.05, 0.1) is 12.7 Å². The molecule has 3 N–H and O–H groups in total. The summed E-state index contributed by atoms with van der Waals surface area (Å²) in [5.41, 5.74) is 5.70. The number of hydrogen-bond acceptors (Lipinski definition) is 4. The van der Waals surface area contributed by atoms with Crippen LogP contribution < -0.4 is 11.1 Å². The van der Waals surface area contributed by atoms with E-state index >= 15 is 0 Å². The molecule has 6 heteroatoms. The number of aromatic nitrogens is 3. The van der Waals surface area contributed by atoms with Crippen molar-refractivity contribution in [3.63, 3.8) is 0 Å². The predicted molar refractivity (Wildman–Crippen MR) is 58.8 cm³/mol. The zero-order valence-electron chi connectivity index (χ0n) is 9.44. The van der Waals surface area contributed by atoms with Crippen LogP contribution in [-0.2, 0) is 6.54 Å². The van der Waals surface area contributed by atoms with Crippen molar-refractivity contribution in [1.82, 2.24) is 20.3 Å². The number of amides is 1. The van der Waals surface area contributed by atoms with E-state index in [1.165, 1.54) is 6.42 Å². The molecule has 88 valence electrons. The van der Waals surface area contributed by atoms with E-state index in [1.807, 2.05) is 0 Å². The zero-order valence-corrected chi connectivity index (χ0v) is 9.44. The maximum atomic E-state index is 11.8. The Balaban J connectivity index is 1.97. The lowest BCUT2D eigenvalue weighted by molar-refractivity contribution is 0.0845. The van der Waals surface area contributed by atoms with E-state index in [0.29, 0.717) is 18.8 Å². The number of rotatable bonds is 4. The van der Waals surface area contributed by atoms with E-state index in [4.69, 9.17) is 5.73 Å². The molecule has 0 radical (unpaired) electrons. The average molecular weight is 223 g/mol. The standard InChI is InChI=1S/C10H17N5O/c1-10(3-2-4-10)12-9(16)8-7-15(6-5-11)14-13-8/h7H,2-6,11H2,1H3,(H,12,16). The summed E-state index contributed by atoms with van der Waals surface area (Å²) >= 11 is 0. The smallest absolute Gasteiger partial charge is 0.273 e. The van der Waals surface area contributed by atoms with E-state index in [9.17, 15) is 4.79 Å². The Labute approximate surface area is 94.2 Å². The van der Waals surface area contributed by atoms with Gasteiger partial charge in [0.15, 0.2) is 5.69 Å². The van der Waals surface area contributed by atoms with Crippen LogP contribution in [0.3, 0.4) is 0 Å². The minimum Gasteiger partial charge on any atom is -0.345 e. The van der Waals surface area contributed by atoms with Crippen LogP contribution in [0.25, 0.3) is 0 Å². The molecule has 1 heterocycles. The second-order valence-corrected chi connectivity index (χ2v) is 4.52. The summed E-state index contributed by atoms with van der Waals surface area (Å²) < 4.78 is 1.58. The number of nitrogens with two attached hydrogens (primary N) is 1. The lowest BCUT2D eigenvalue weighted by Crippen LogP contribution is -2.51. The molecule has 2 rings (SSSR count). The first-order valence-corrected chi connectivity index (χ1v) is 5.56. The van der Waals surface area contributed by atoms with Crippen molar-refractivity contribution in [3.8, 4) is 0 Å². The van der Waals surface area contributed by atoms with Crippen molar-refractivity contribution >= 4 is 5.91 Å². The molecule has 16 heavy (non-hydrogen) atoms. The summed E-state index contributed by atoms with van der Waals surface area (Å²) in [6, 6.07) is 0. The number of hydrogen-bond donors (Lipinski definition) is 2. The molecule has 0 bridgehead atoms. The number of carbonyl (C=O) groups is 1. The quantitative estimate of drug-likeness (QED) is 0.747. The maximum Gasteiger partial charge on any atom is 0.273 e. The van der Waals surface area contributed by atoms with Crippen LogP contribution in [0.2, 0.25) is 0 Å². The SMILES string of the molecule is CC1(NC(=O)c2cn(CCN)nn2)CCC1. The van der Waals surface area contributed by atoms with Gasteiger partial charge in [-0.05, 0) is 26.2 Å². The van der Waals surface area contributed by atoms with E-state index in [1.54, 1.807) is 10.9 Å². The fourth-order valence-electron chi connectivity index (χ4n) is 1.81. The van der Waals surface area contributed by atoms with Crippen LogP contribution >= 0.6 is 0 Å². The van der Waals surface area contributed by atoms with Crippen molar-refractivity contribution < 1.29 is 4.79 Å². The van der Waals surface area contributed by atoms with Gasteiger partial charge < -0.3 is 11.1 Å². The van der Waals surface area contributed by atoms with Crippen molar-refractivity contribution in [2.75, 3.05) is 6.54 Å². The van der Waals surface area contributed by atoms with E-state index in [0.717, 1.165) is 12.8 Å². The third kappa shape index (κ3) is 2.21. The minimum absolute atomic E-state index is 0.0469. The number of nitrogens with one attached hydrogen (secondary N) is 1. The molecule has 1 amide bonds. The summed E-state index contributed by atoms with van der Waals surface area (Å²) in [4.78, 5) is 11.8. The van der Waals surface area contributed by atoms with Crippen LogP contribution in [0.1, 0.15) is 36.7 Å². The Hall–Kier alpha value is -1.43. The van der Waals surface area contributed by atoms with Gasteiger partial charge in [0.2, 0.25) is 0 Å². The van der Waals surface area contributed by atoms with E-state index in [-0.39, 0.29) is 11.4 Å². The van der Waals surface area contributed by atoms with Crippen molar-refractivity contribution in [3.05, 3.63) is 11.9 Å². The first-order chi connectivity index (χ1) is 7.63. The molecule has 0 aromatic carbocycles. The highest BCUT2D eigenvalue weighted by atomic mass is 16.2. The van der Waals surface area contributed by atoms with Crippen molar-refractivity contribution in [2.45, 2.75) is 38.3 Å². The Morgan fingerprint density at radius 1 is 1.69 bits per heavy atom. The predicted octanol–water partition coefficient (Wildman–Crippen LogP) is -0.0908. The van der Waals surface area contributed by atoms with Crippen LogP contribution in [0.4, 0.5) is 0 Å². The average Bonchev–Trinajstić information content (AvgIpc) is 2.64. The molecule has 0 aliphatic heterocycles. The topological polar surface area (TPSA) is 85.8 Å². The maximum absolute atomic E-state index is 11.8. The van der Waals surface area contributed by atoms with Gasteiger partial charge in [0.1, 0.15) is 0 Å². The first kappa shape index (κ1) is 11.1. The molecule has 0 atom stereocenters. The summed E-state index contributed by atoms with van der Waals surface area (Å²) in [6.45, 7) is 3.12. The van der Waals surface area contributed by atoms with E-state index in [2.05, 4.69) is 22.6 Å². The molecule has 1 fully saturated rings. The molecule has 6 nitrogen and oxygen atoms in total. The van der Waals surface area contributed by atoms with E-state index < -0.39 is 0 Å². The van der Waals surface area contributed by atoms with Crippen molar-refractivity contribution in [1.29, 1.82) is 0 Å². The normalized spacial score (nSPS) is 17.9. The fourth-order valence-corrected chi connectivity index (χ4v) is 1.81. The van der Waals surface area contributed by atoms with Crippen molar-refractivity contribution in [2.24, 2.45) is 5.73 Å². The Kier molecular flexibility index (Phi) is 2.91. The Morgan fingerprint density at radius 2 is 2.44 bits per heavy atom. The lowest BCUT2D eigenvalue weighted by Gasteiger charge is -2.38. The Bertz CT molecular complexity index is 382. The third-order valence-electron chi connectivity index (χ3n) is 3.00. The van der Waals surface area contributed by atoms with Gasteiger partial charge in [0, 0.05) is 12.1 Å². The highest BCUT2D eigenvalue weighted by Crippen LogP contribution is 2.30. The fraction of sp³-hybridized carbons (Fsp3) is 0.700. The van der Waals surface area contributed by atoms with Crippen LogP contribution in [0.5, 0.6) is 0 Å². The minimum atomic E-state index is -0.148. The zero-order chi connectivity index (χ0) is 11.6. The van der Waals surface area contributed by atoms with Gasteiger partial charge in [0.25, 0.3) is 5.91 Å². The summed E-state index contributed by atoms with van der Waals surface area (Å²) in [7, 11) is 0. The monoisotopic (exact) mass is 223 g/mol. The highest BCUT2D eigenvalue weighted by Gasteiger charge is 2.33. The largest absolute Gasteiger partial charge is 0.345 e. The molecule has 1 aliphatic rings. The molecular weight excluding hydrogens is 206 g/mol. The number of carbonyl (C=O) groups excluding carboxylic acids is 1. The molecule has 1 aromatic heterocycles. The number of nitrogens with zero attached hydrogens (tertiary/aromatic N) is 3. The van der Waals surface area contributed by atoms with Gasteiger partial charge in [-0.25, -0.2) is 0 Å². The summed E-state index contributed by atoms with van der Waals surface area (Å²) in [5, 5.41) is 10.6. The summed E-state index contributed by atoms with van der Waals surface area (Å²) in [6.07, 6.45) is 4.88. The molecule has 0 spiro atoms.